The van der Waals surface area contributed by atoms with Crippen LogP contribution in [-0.2, 0) is 42.8 Å². The van der Waals surface area contributed by atoms with Crippen LogP contribution in [0.2, 0.25) is 0 Å². The molecule has 0 amide bonds. The molecule has 9 nitrogen and oxygen atoms in total. The van der Waals surface area contributed by atoms with Crippen molar-refractivity contribution in [2.45, 2.75) is 115 Å². The average molecular weight is 479 g/mol. The minimum absolute atomic E-state index is 0.172. The SMILES string of the molecule is CCC(C)C(=O)OC12CC3CC(C1)CC(C(=O)OC1C(=O)OC4C5OC(C)(C)OC5OC14)(C3)C2. The molecule has 188 valence electrons. The van der Waals surface area contributed by atoms with Crippen molar-refractivity contribution < 1.29 is 42.8 Å². The zero-order chi connectivity index (χ0) is 24.0. The van der Waals surface area contributed by atoms with Gasteiger partial charge >= 0.3 is 17.9 Å². The number of rotatable bonds is 5. The van der Waals surface area contributed by atoms with Crippen molar-refractivity contribution in [3.05, 3.63) is 0 Å². The number of carbonyl (C=O) groups excluding carboxylic acids is 3. The van der Waals surface area contributed by atoms with Gasteiger partial charge in [0.05, 0.1) is 11.3 Å². The van der Waals surface area contributed by atoms with E-state index >= 15 is 0 Å². The van der Waals surface area contributed by atoms with Crippen molar-refractivity contribution in [2.75, 3.05) is 0 Å². The van der Waals surface area contributed by atoms with Crippen LogP contribution in [0, 0.1) is 23.2 Å². The molecule has 0 radical (unpaired) electrons. The minimum Gasteiger partial charge on any atom is -0.459 e. The Labute approximate surface area is 199 Å². The molecule has 4 bridgehead atoms. The van der Waals surface area contributed by atoms with Gasteiger partial charge in [0.2, 0.25) is 6.10 Å². The number of carbonyl (C=O) groups is 3. The van der Waals surface area contributed by atoms with E-state index < -0.39 is 59.4 Å². The Hall–Kier alpha value is -1.71. The summed E-state index contributed by atoms with van der Waals surface area (Å²) in [6.07, 6.45) is 1.43. The smallest absolute Gasteiger partial charge is 0.350 e. The van der Waals surface area contributed by atoms with Crippen LogP contribution in [0.3, 0.4) is 0 Å². The maximum absolute atomic E-state index is 13.7. The first-order valence-electron chi connectivity index (χ1n) is 12.7. The van der Waals surface area contributed by atoms with Gasteiger partial charge in [0.1, 0.15) is 11.7 Å². The standard InChI is InChI=1S/C25H34O9/c1-5-12(2)19(26)33-25-9-13-6-14(10-25)8-24(7-13,11-25)22(28)31-17-15-16(29-20(17)27)18-21(30-15)34-23(3,4)32-18/h12-18,21H,5-11H2,1-4H3. The van der Waals surface area contributed by atoms with Crippen molar-refractivity contribution in [3.8, 4) is 0 Å². The highest BCUT2D eigenvalue weighted by Crippen LogP contribution is 2.63. The van der Waals surface area contributed by atoms with Crippen LogP contribution in [0.1, 0.15) is 72.6 Å². The van der Waals surface area contributed by atoms with Gasteiger partial charge in [-0.15, -0.1) is 0 Å². The first-order chi connectivity index (χ1) is 16.0. The fraction of sp³-hybridized carbons (Fsp3) is 0.880. The summed E-state index contributed by atoms with van der Waals surface area (Å²) in [6, 6.07) is 0. The van der Waals surface area contributed by atoms with Crippen LogP contribution < -0.4 is 0 Å². The van der Waals surface area contributed by atoms with Crippen LogP contribution in [0.5, 0.6) is 0 Å². The van der Waals surface area contributed by atoms with E-state index in [1.807, 2.05) is 13.8 Å². The van der Waals surface area contributed by atoms with E-state index in [1.54, 1.807) is 13.8 Å². The van der Waals surface area contributed by atoms with E-state index in [0.29, 0.717) is 37.5 Å². The molecule has 3 heterocycles. The van der Waals surface area contributed by atoms with Gasteiger partial charge in [-0.25, -0.2) is 4.79 Å². The molecule has 3 saturated heterocycles. The maximum atomic E-state index is 13.7. The largest absolute Gasteiger partial charge is 0.459 e. The summed E-state index contributed by atoms with van der Waals surface area (Å²) in [5, 5.41) is 0. The quantitative estimate of drug-likeness (QED) is 0.435. The fourth-order valence-electron chi connectivity index (χ4n) is 7.59. The molecule has 3 aliphatic heterocycles. The lowest BCUT2D eigenvalue weighted by molar-refractivity contribution is -0.226. The van der Waals surface area contributed by atoms with E-state index in [2.05, 4.69) is 0 Å². The van der Waals surface area contributed by atoms with Gasteiger partial charge in [0.25, 0.3) is 0 Å². The molecule has 0 spiro atoms. The average Bonchev–Trinajstić information content (AvgIpc) is 3.32. The molecule has 0 aromatic rings. The highest BCUT2D eigenvalue weighted by atomic mass is 16.9. The lowest BCUT2D eigenvalue weighted by atomic mass is 9.48. The molecule has 8 atom stereocenters. The van der Waals surface area contributed by atoms with Crippen molar-refractivity contribution >= 4 is 17.9 Å². The lowest BCUT2D eigenvalue weighted by Gasteiger charge is -2.60. The van der Waals surface area contributed by atoms with Crippen LogP contribution in [-0.4, -0.2) is 60.0 Å². The normalized spacial score (nSPS) is 48.2. The van der Waals surface area contributed by atoms with Gasteiger partial charge < -0.3 is 28.4 Å². The van der Waals surface area contributed by atoms with Crippen LogP contribution in [0.25, 0.3) is 0 Å². The molecule has 7 aliphatic rings. The van der Waals surface area contributed by atoms with Gasteiger partial charge in [0.15, 0.2) is 24.3 Å². The van der Waals surface area contributed by atoms with Crippen LogP contribution in [0.4, 0.5) is 0 Å². The number of esters is 3. The number of hydrogen-bond acceptors (Lipinski definition) is 9. The molecule has 0 N–H and O–H groups in total. The Morgan fingerprint density at radius 2 is 1.76 bits per heavy atom. The summed E-state index contributed by atoms with van der Waals surface area (Å²) in [7, 11) is 0. The summed E-state index contributed by atoms with van der Waals surface area (Å²) >= 11 is 0. The second-order valence-electron chi connectivity index (χ2n) is 12.0. The van der Waals surface area contributed by atoms with Crippen LogP contribution in [0.15, 0.2) is 0 Å². The number of fused-ring (bicyclic) bond motifs is 3. The zero-order valence-electron chi connectivity index (χ0n) is 20.2. The van der Waals surface area contributed by atoms with Gasteiger partial charge in [0, 0.05) is 6.42 Å². The van der Waals surface area contributed by atoms with E-state index in [0.717, 1.165) is 19.3 Å². The monoisotopic (exact) mass is 478 g/mol. The lowest BCUT2D eigenvalue weighted by Crippen LogP contribution is -2.60. The van der Waals surface area contributed by atoms with Crippen LogP contribution >= 0.6 is 0 Å². The van der Waals surface area contributed by atoms with E-state index in [-0.39, 0.29) is 11.9 Å². The highest BCUT2D eigenvalue weighted by molar-refractivity contribution is 5.85. The molecule has 4 aliphatic carbocycles. The van der Waals surface area contributed by atoms with Crippen molar-refractivity contribution in [1.82, 2.24) is 0 Å². The molecular weight excluding hydrogens is 444 g/mol. The molecule has 34 heavy (non-hydrogen) atoms. The summed E-state index contributed by atoms with van der Waals surface area (Å²) in [5.41, 5.74) is -1.36. The molecule has 7 rings (SSSR count). The van der Waals surface area contributed by atoms with E-state index in [1.165, 1.54) is 0 Å². The Balaban J connectivity index is 1.19. The molecule has 9 heteroatoms. The maximum Gasteiger partial charge on any atom is 0.350 e. The third-order valence-corrected chi connectivity index (χ3v) is 8.82. The van der Waals surface area contributed by atoms with Crippen molar-refractivity contribution in [3.63, 3.8) is 0 Å². The second-order valence-corrected chi connectivity index (χ2v) is 12.0. The first-order valence-corrected chi connectivity index (χ1v) is 12.7. The second kappa shape index (κ2) is 7.40. The molecule has 0 aromatic heterocycles. The summed E-state index contributed by atoms with van der Waals surface area (Å²) in [5.74, 6) is -1.59. The fourth-order valence-corrected chi connectivity index (χ4v) is 7.59. The predicted octanol–water partition coefficient (Wildman–Crippen LogP) is 2.63. The first kappa shape index (κ1) is 22.7. The third kappa shape index (κ3) is 3.41. The Morgan fingerprint density at radius 3 is 2.44 bits per heavy atom. The molecule has 0 aromatic carbocycles. The van der Waals surface area contributed by atoms with E-state index in [9.17, 15) is 14.4 Å². The van der Waals surface area contributed by atoms with Crippen molar-refractivity contribution in [1.29, 1.82) is 0 Å². The van der Waals surface area contributed by atoms with Gasteiger partial charge in [-0.3, -0.25) is 9.59 Å². The molecule has 7 fully saturated rings. The molecular formula is C25H34O9. The number of hydrogen-bond donors (Lipinski definition) is 0. The summed E-state index contributed by atoms with van der Waals surface area (Å²) < 4.78 is 35.0. The zero-order valence-corrected chi connectivity index (χ0v) is 20.2. The summed E-state index contributed by atoms with van der Waals surface area (Å²) in [6.45, 7) is 7.39. The predicted molar refractivity (Wildman–Crippen MR) is 114 cm³/mol. The Morgan fingerprint density at radius 1 is 1.06 bits per heavy atom. The number of ether oxygens (including phenoxy) is 6. The van der Waals surface area contributed by atoms with Gasteiger partial charge in [-0.2, -0.15) is 0 Å². The van der Waals surface area contributed by atoms with Gasteiger partial charge in [-0.1, -0.05) is 13.8 Å². The molecule has 8 unspecified atom stereocenters. The Kier molecular flexibility index (Phi) is 4.95. The van der Waals surface area contributed by atoms with E-state index in [4.69, 9.17) is 28.4 Å². The van der Waals surface area contributed by atoms with Gasteiger partial charge in [-0.05, 0) is 64.2 Å². The topological polar surface area (TPSA) is 107 Å². The molecule has 4 saturated carbocycles. The Bertz CT molecular complexity index is 898. The minimum atomic E-state index is -1.15. The third-order valence-electron chi connectivity index (χ3n) is 8.82. The van der Waals surface area contributed by atoms with Crippen molar-refractivity contribution in [2.24, 2.45) is 23.2 Å². The summed E-state index contributed by atoms with van der Waals surface area (Å²) in [4.78, 5) is 39.0. The highest BCUT2D eigenvalue weighted by Gasteiger charge is 2.67.